The normalized spacial score (nSPS) is 16.3. The van der Waals surface area contributed by atoms with Gasteiger partial charge in [-0.1, -0.05) is 41.6 Å². The summed E-state index contributed by atoms with van der Waals surface area (Å²) in [6, 6.07) is 16.3. The van der Waals surface area contributed by atoms with Crippen LogP contribution in [0.3, 0.4) is 0 Å². The van der Waals surface area contributed by atoms with Crippen molar-refractivity contribution in [2.24, 2.45) is 5.73 Å². The van der Waals surface area contributed by atoms with Gasteiger partial charge < -0.3 is 10.3 Å². The topological polar surface area (TPSA) is 64.9 Å². The summed E-state index contributed by atoms with van der Waals surface area (Å²) in [7, 11) is 0. The first-order valence-electron chi connectivity index (χ1n) is 7.06. The average Bonchev–Trinajstić information content (AvgIpc) is 2.98. The second kappa shape index (κ2) is 4.82. The van der Waals surface area contributed by atoms with E-state index in [-0.39, 0.29) is 5.92 Å². The molecular formula is C17H15N3O. The number of aromatic nitrogens is 2. The van der Waals surface area contributed by atoms with Crippen LogP contribution >= 0.6 is 0 Å². The third-order valence-corrected chi connectivity index (χ3v) is 4.02. The molecule has 1 unspecified atom stereocenters. The Morgan fingerprint density at radius 3 is 2.90 bits per heavy atom. The smallest absolute Gasteiger partial charge is 0.257 e. The van der Waals surface area contributed by atoms with E-state index in [9.17, 15) is 0 Å². The fourth-order valence-electron chi connectivity index (χ4n) is 2.81. The summed E-state index contributed by atoms with van der Waals surface area (Å²) in [6.45, 7) is 0.505. The van der Waals surface area contributed by atoms with E-state index in [0.717, 1.165) is 23.4 Å². The molecule has 2 N–H and O–H groups in total. The third-order valence-electron chi connectivity index (χ3n) is 4.02. The third kappa shape index (κ3) is 2.04. The van der Waals surface area contributed by atoms with Crippen molar-refractivity contribution in [1.29, 1.82) is 0 Å². The maximum atomic E-state index is 5.67. The number of nitrogens with zero attached hydrogens (tertiary/aromatic N) is 2. The number of nitrogens with two attached hydrogens (primary N) is 1. The van der Waals surface area contributed by atoms with Crippen LogP contribution in [-0.4, -0.2) is 10.1 Å². The molecule has 1 aliphatic rings. The van der Waals surface area contributed by atoms with Gasteiger partial charge in [-0.15, -0.1) is 0 Å². The molecule has 4 rings (SSSR count). The van der Waals surface area contributed by atoms with Gasteiger partial charge in [-0.2, -0.15) is 4.98 Å². The van der Waals surface area contributed by atoms with Crippen molar-refractivity contribution in [1.82, 2.24) is 10.1 Å². The van der Waals surface area contributed by atoms with Gasteiger partial charge >= 0.3 is 0 Å². The number of rotatable bonds is 3. The largest absolute Gasteiger partial charge is 0.334 e. The molecule has 1 aromatic heterocycles. The average molecular weight is 277 g/mol. The van der Waals surface area contributed by atoms with Crippen LogP contribution in [0, 0.1) is 0 Å². The summed E-state index contributed by atoms with van der Waals surface area (Å²) in [5, 5.41) is 4.15. The lowest BCUT2D eigenvalue weighted by Crippen LogP contribution is -2.19. The Bertz CT molecular complexity index is 794. The minimum Gasteiger partial charge on any atom is -0.334 e. The van der Waals surface area contributed by atoms with Crippen LogP contribution in [-0.2, 0) is 13.0 Å². The van der Waals surface area contributed by atoms with Crippen LogP contribution in [0.15, 0.2) is 53.1 Å². The minimum atomic E-state index is 0.261. The molecule has 1 aliphatic carbocycles. The number of hydrogen-bond acceptors (Lipinski definition) is 4. The summed E-state index contributed by atoms with van der Waals surface area (Å²) in [5.74, 6) is 1.59. The summed E-state index contributed by atoms with van der Waals surface area (Å²) >= 11 is 0. The van der Waals surface area contributed by atoms with Gasteiger partial charge in [-0.05, 0) is 35.2 Å². The standard InChI is InChI=1S/C17H15N3O/c18-10-11-4-3-6-13(8-11)17-19-16(20-21-17)15-9-12-5-1-2-7-14(12)15/h1-8,15H,9-10,18H2. The van der Waals surface area contributed by atoms with Crippen LogP contribution in [0.25, 0.3) is 11.5 Å². The minimum absolute atomic E-state index is 0.261. The molecule has 104 valence electrons. The Hall–Kier alpha value is -2.46. The zero-order valence-electron chi connectivity index (χ0n) is 11.5. The predicted octanol–water partition coefficient (Wildman–Crippen LogP) is 2.88. The Labute approximate surface area is 122 Å². The molecule has 0 bridgehead atoms. The molecule has 2 aromatic carbocycles. The second-order valence-corrected chi connectivity index (χ2v) is 5.32. The van der Waals surface area contributed by atoms with E-state index in [2.05, 4.69) is 34.4 Å². The molecule has 0 saturated heterocycles. The van der Waals surface area contributed by atoms with Crippen LogP contribution in [0.5, 0.6) is 0 Å². The molecule has 0 fully saturated rings. The van der Waals surface area contributed by atoms with E-state index in [0.29, 0.717) is 12.4 Å². The van der Waals surface area contributed by atoms with Gasteiger partial charge in [-0.25, -0.2) is 0 Å². The Morgan fingerprint density at radius 1 is 1.14 bits per heavy atom. The first-order chi connectivity index (χ1) is 10.3. The SMILES string of the molecule is NCc1cccc(-c2nc(C3Cc4ccccc43)no2)c1. The summed E-state index contributed by atoms with van der Waals surface area (Å²) in [4.78, 5) is 4.56. The van der Waals surface area contributed by atoms with E-state index in [4.69, 9.17) is 10.3 Å². The lowest BCUT2D eigenvalue weighted by molar-refractivity contribution is 0.416. The first kappa shape index (κ1) is 12.3. The van der Waals surface area contributed by atoms with Crippen molar-refractivity contribution in [3.8, 4) is 11.5 Å². The summed E-state index contributed by atoms with van der Waals surface area (Å²) in [6.07, 6.45) is 0.984. The number of hydrogen-bond donors (Lipinski definition) is 1. The van der Waals surface area contributed by atoms with Crippen molar-refractivity contribution in [3.05, 3.63) is 71.0 Å². The van der Waals surface area contributed by atoms with E-state index in [1.54, 1.807) is 0 Å². The van der Waals surface area contributed by atoms with E-state index in [1.165, 1.54) is 11.1 Å². The van der Waals surface area contributed by atoms with Gasteiger partial charge in [0.2, 0.25) is 0 Å². The molecule has 0 spiro atoms. The van der Waals surface area contributed by atoms with Crippen molar-refractivity contribution in [3.63, 3.8) is 0 Å². The Balaban J connectivity index is 1.65. The monoisotopic (exact) mass is 277 g/mol. The highest BCUT2D eigenvalue weighted by Gasteiger charge is 2.31. The van der Waals surface area contributed by atoms with Gasteiger partial charge in [0, 0.05) is 12.1 Å². The van der Waals surface area contributed by atoms with Crippen molar-refractivity contribution in [2.45, 2.75) is 18.9 Å². The Morgan fingerprint density at radius 2 is 2.05 bits per heavy atom. The maximum Gasteiger partial charge on any atom is 0.257 e. The molecule has 0 aliphatic heterocycles. The maximum absolute atomic E-state index is 5.67. The second-order valence-electron chi connectivity index (χ2n) is 5.32. The van der Waals surface area contributed by atoms with Crippen molar-refractivity contribution in [2.75, 3.05) is 0 Å². The molecule has 1 atom stereocenters. The highest BCUT2D eigenvalue weighted by atomic mass is 16.5. The van der Waals surface area contributed by atoms with Gasteiger partial charge in [0.05, 0.1) is 5.92 Å². The molecule has 0 amide bonds. The molecule has 4 heteroatoms. The van der Waals surface area contributed by atoms with Gasteiger partial charge in [0.1, 0.15) is 0 Å². The molecule has 0 radical (unpaired) electrons. The Kier molecular flexibility index (Phi) is 2.82. The molecule has 4 nitrogen and oxygen atoms in total. The summed E-state index contributed by atoms with van der Waals surface area (Å²) in [5.41, 5.74) is 10.3. The zero-order valence-corrected chi connectivity index (χ0v) is 11.5. The van der Waals surface area contributed by atoms with Crippen LogP contribution < -0.4 is 5.73 Å². The fraction of sp³-hybridized carbons (Fsp3) is 0.176. The van der Waals surface area contributed by atoms with E-state index in [1.807, 2.05) is 24.3 Å². The van der Waals surface area contributed by atoms with Crippen molar-refractivity contribution < 1.29 is 4.52 Å². The molecular weight excluding hydrogens is 262 g/mol. The molecule has 21 heavy (non-hydrogen) atoms. The molecule has 1 heterocycles. The van der Waals surface area contributed by atoms with Crippen LogP contribution in [0.1, 0.15) is 28.4 Å². The number of benzene rings is 2. The quantitative estimate of drug-likeness (QED) is 0.799. The van der Waals surface area contributed by atoms with Crippen molar-refractivity contribution >= 4 is 0 Å². The fourth-order valence-corrected chi connectivity index (χ4v) is 2.81. The van der Waals surface area contributed by atoms with Gasteiger partial charge in [0.25, 0.3) is 5.89 Å². The molecule has 3 aromatic rings. The highest BCUT2D eigenvalue weighted by molar-refractivity contribution is 5.54. The number of fused-ring (bicyclic) bond motifs is 1. The zero-order chi connectivity index (χ0) is 14.2. The van der Waals surface area contributed by atoms with Crippen LogP contribution in [0.4, 0.5) is 0 Å². The van der Waals surface area contributed by atoms with E-state index < -0.39 is 0 Å². The van der Waals surface area contributed by atoms with Gasteiger partial charge in [-0.3, -0.25) is 0 Å². The predicted molar refractivity (Wildman–Crippen MR) is 79.6 cm³/mol. The summed E-state index contributed by atoms with van der Waals surface area (Å²) < 4.78 is 5.42. The first-order valence-corrected chi connectivity index (χ1v) is 7.06. The highest BCUT2D eigenvalue weighted by Crippen LogP contribution is 2.39. The van der Waals surface area contributed by atoms with E-state index >= 15 is 0 Å². The lowest BCUT2D eigenvalue weighted by atomic mass is 9.77. The van der Waals surface area contributed by atoms with Crippen LogP contribution in [0.2, 0.25) is 0 Å². The van der Waals surface area contributed by atoms with Gasteiger partial charge in [0.15, 0.2) is 5.82 Å². The lowest BCUT2D eigenvalue weighted by Gasteiger charge is -2.27. The molecule has 0 saturated carbocycles.